The van der Waals surface area contributed by atoms with Crippen LogP contribution < -0.4 is 5.32 Å². The third kappa shape index (κ3) is 8.84. The lowest BCUT2D eigenvalue weighted by Gasteiger charge is -2.16. The summed E-state index contributed by atoms with van der Waals surface area (Å²) in [6.45, 7) is 3.30. The van der Waals surface area contributed by atoms with E-state index in [1.807, 2.05) is 6.92 Å². The standard InChI is InChI=1S/C10H20BrNO3/c1-3-6-15-8-10(13)12-9(4-5-11)7-14-2/h9H,3-8H2,1-2H3,(H,12,13). The molecule has 0 heterocycles. The van der Waals surface area contributed by atoms with Gasteiger partial charge in [0.1, 0.15) is 6.61 Å². The molecule has 15 heavy (non-hydrogen) atoms. The summed E-state index contributed by atoms with van der Waals surface area (Å²) in [7, 11) is 1.63. The van der Waals surface area contributed by atoms with Crippen LogP contribution in [0.15, 0.2) is 0 Å². The van der Waals surface area contributed by atoms with Crippen LogP contribution in [-0.2, 0) is 14.3 Å². The van der Waals surface area contributed by atoms with Gasteiger partial charge in [-0.1, -0.05) is 22.9 Å². The molecule has 0 aromatic heterocycles. The van der Waals surface area contributed by atoms with Crippen LogP contribution in [0.3, 0.4) is 0 Å². The molecule has 4 nitrogen and oxygen atoms in total. The van der Waals surface area contributed by atoms with Gasteiger partial charge >= 0.3 is 0 Å². The van der Waals surface area contributed by atoms with E-state index < -0.39 is 0 Å². The van der Waals surface area contributed by atoms with Gasteiger partial charge in [0.15, 0.2) is 0 Å². The summed E-state index contributed by atoms with van der Waals surface area (Å²) < 4.78 is 10.1. The van der Waals surface area contributed by atoms with Crippen molar-refractivity contribution in [2.75, 3.05) is 32.3 Å². The Morgan fingerprint density at radius 3 is 2.80 bits per heavy atom. The maximum atomic E-state index is 11.4. The Morgan fingerprint density at radius 1 is 1.53 bits per heavy atom. The smallest absolute Gasteiger partial charge is 0.246 e. The summed E-state index contributed by atoms with van der Waals surface area (Å²) in [6.07, 6.45) is 1.78. The van der Waals surface area contributed by atoms with Crippen LogP contribution in [0.25, 0.3) is 0 Å². The molecule has 0 aromatic carbocycles. The number of ether oxygens (including phenoxy) is 2. The van der Waals surface area contributed by atoms with Gasteiger partial charge in [-0.05, 0) is 12.8 Å². The Labute approximate surface area is 99.8 Å². The van der Waals surface area contributed by atoms with Gasteiger partial charge in [0, 0.05) is 19.0 Å². The van der Waals surface area contributed by atoms with Gasteiger partial charge in [-0.25, -0.2) is 0 Å². The van der Waals surface area contributed by atoms with Crippen molar-refractivity contribution in [1.82, 2.24) is 5.32 Å². The van der Waals surface area contributed by atoms with E-state index in [0.29, 0.717) is 13.2 Å². The largest absolute Gasteiger partial charge is 0.383 e. The van der Waals surface area contributed by atoms with E-state index in [1.165, 1.54) is 0 Å². The Kier molecular flexibility index (Phi) is 10.3. The zero-order valence-corrected chi connectivity index (χ0v) is 11.0. The molecule has 0 rings (SSSR count). The van der Waals surface area contributed by atoms with Crippen molar-refractivity contribution in [3.63, 3.8) is 0 Å². The molecule has 90 valence electrons. The molecule has 0 fully saturated rings. The van der Waals surface area contributed by atoms with E-state index in [9.17, 15) is 4.79 Å². The summed E-state index contributed by atoms with van der Waals surface area (Å²) in [4.78, 5) is 11.4. The first-order valence-electron chi connectivity index (χ1n) is 5.16. The Hall–Kier alpha value is -0.130. The number of rotatable bonds is 9. The Morgan fingerprint density at radius 2 is 2.27 bits per heavy atom. The fourth-order valence-corrected chi connectivity index (χ4v) is 1.66. The molecule has 0 aliphatic heterocycles. The molecule has 1 N–H and O–H groups in total. The summed E-state index contributed by atoms with van der Waals surface area (Å²) in [5.41, 5.74) is 0. The van der Waals surface area contributed by atoms with E-state index in [0.717, 1.165) is 18.2 Å². The number of carbonyl (C=O) groups excluding carboxylic acids is 1. The van der Waals surface area contributed by atoms with Crippen molar-refractivity contribution in [2.45, 2.75) is 25.8 Å². The van der Waals surface area contributed by atoms with E-state index in [1.54, 1.807) is 7.11 Å². The fourth-order valence-electron chi connectivity index (χ4n) is 1.11. The second-order valence-electron chi connectivity index (χ2n) is 3.25. The number of hydrogen-bond donors (Lipinski definition) is 1. The normalized spacial score (nSPS) is 12.5. The topological polar surface area (TPSA) is 47.6 Å². The van der Waals surface area contributed by atoms with Gasteiger partial charge < -0.3 is 14.8 Å². The molecule has 1 atom stereocenters. The van der Waals surface area contributed by atoms with Crippen LogP contribution >= 0.6 is 15.9 Å². The molecule has 5 heteroatoms. The highest BCUT2D eigenvalue weighted by Crippen LogP contribution is 1.97. The van der Waals surface area contributed by atoms with Crippen molar-refractivity contribution in [1.29, 1.82) is 0 Å². The lowest BCUT2D eigenvalue weighted by atomic mass is 10.2. The fraction of sp³-hybridized carbons (Fsp3) is 0.900. The zero-order valence-electron chi connectivity index (χ0n) is 9.42. The van der Waals surface area contributed by atoms with Crippen molar-refractivity contribution in [2.24, 2.45) is 0 Å². The van der Waals surface area contributed by atoms with Gasteiger partial charge in [0.05, 0.1) is 12.6 Å². The third-order valence-corrected chi connectivity index (χ3v) is 2.23. The predicted octanol–water partition coefficient (Wildman–Crippen LogP) is 1.33. The molecule has 0 radical (unpaired) electrons. The second-order valence-corrected chi connectivity index (χ2v) is 4.04. The molecule has 1 unspecified atom stereocenters. The van der Waals surface area contributed by atoms with Crippen molar-refractivity contribution >= 4 is 21.8 Å². The highest BCUT2D eigenvalue weighted by atomic mass is 79.9. The predicted molar refractivity (Wildman–Crippen MR) is 63.3 cm³/mol. The minimum absolute atomic E-state index is 0.0621. The van der Waals surface area contributed by atoms with Crippen LogP contribution in [0.4, 0.5) is 0 Å². The second kappa shape index (κ2) is 10.4. The van der Waals surface area contributed by atoms with Crippen LogP contribution in [0.5, 0.6) is 0 Å². The summed E-state index contributed by atoms with van der Waals surface area (Å²) >= 11 is 3.34. The number of halogens is 1. The van der Waals surface area contributed by atoms with E-state index >= 15 is 0 Å². The monoisotopic (exact) mass is 281 g/mol. The maximum absolute atomic E-state index is 11.4. The average Bonchev–Trinajstić information content (AvgIpc) is 2.19. The molecular weight excluding hydrogens is 262 g/mol. The highest BCUT2D eigenvalue weighted by Gasteiger charge is 2.11. The average molecular weight is 282 g/mol. The van der Waals surface area contributed by atoms with Crippen LogP contribution in [0.2, 0.25) is 0 Å². The molecule has 0 spiro atoms. The van der Waals surface area contributed by atoms with Gasteiger partial charge in [-0.2, -0.15) is 0 Å². The molecular formula is C10H20BrNO3. The molecule has 1 amide bonds. The third-order valence-electron chi connectivity index (χ3n) is 1.77. The van der Waals surface area contributed by atoms with E-state index in [4.69, 9.17) is 9.47 Å². The number of hydrogen-bond acceptors (Lipinski definition) is 3. The Bertz CT molecular complexity index is 161. The first-order valence-corrected chi connectivity index (χ1v) is 6.28. The van der Waals surface area contributed by atoms with E-state index in [-0.39, 0.29) is 18.6 Å². The molecule has 0 aromatic rings. The van der Waals surface area contributed by atoms with Gasteiger partial charge in [0.25, 0.3) is 0 Å². The number of methoxy groups -OCH3 is 1. The van der Waals surface area contributed by atoms with E-state index in [2.05, 4.69) is 21.2 Å². The first kappa shape index (κ1) is 14.9. The lowest BCUT2D eigenvalue weighted by Crippen LogP contribution is -2.40. The highest BCUT2D eigenvalue weighted by molar-refractivity contribution is 9.09. The van der Waals surface area contributed by atoms with Crippen molar-refractivity contribution in [3.8, 4) is 0 Å². The maximum Gasteiger partial charge on any atom is 0.246 e. The molecule has 0 aliphatic rings. The molecule has 0 saturated heterocycles. The van der Waals surface area contributed by atoms with Gasteiger partial charge in [-0.15, -0.1) is 0 Å². The SMILES string of the molecule is CCCOCC(=O)NC(CCBr)COC. The minimum Gasteiger partial charge on any atom is -0.383 e. The van der Waals surface area contributed by atoms with Gasteiger partial charge in [-0.3, -0.25) is 4.79 Å². The van der Waals surface area contributed by atoms with Crippen molar-refractivity contribution in [3.05, 3.63) is 0 Å². The summed E-state index contributed by atoms with van der Waals surface area (Å²) in [5, 5.41) is 3.70. The molecule has 0 aliphatic carbocycles. The number of alkyl halides is 1. The van der Waals surface area contributed by atoms with Crippen LogP contribution in [0.1, 0.15) is 19.8 Å². The van der Waals surface area contributed by atoms with Crippen LogP contribution in [-0.4, -0.2) is 44.2 Å². The summed E-state index contributed by atoms with van der Waals surface area (Å²) in [6, 6.07) is 0.0621. The van der Waals surface area contributed by atoms with Gasteiger partial charge in [0.2, 0.25) is 5.91 Å². The lowest BCUT2D eigenvalue weighted by molar-refractivity contribution is -0.126. The quantitative estimate of drug-likeness (QED) is 0.512. The summed E-state index contributed by atoms with van der Waals surface area (Å²) in [5.74, 6) is -0.0774. The minimum atomic E-state index is -0.0774. The number of amides is 1. The van der Waals surface area contributed by atoms with Crippen LogP contribution in [0, 0.1) is 0 Å². The number of carbonyl (C=O) groups is 1. The molecule has 0 bridgehead atoms. The first-order chi connectivity index (χ1) is 7.24. The van der Waals surface area contributed by atoms with Crippen molar-refractivity contribution < 1.29 is 14.3 Å². The Balaban J connectivity index is 3.67. The number of nitrogens with one attached hydrogen (secondary N) is 1. The molecule has 0 saturated carbocycles. The zero-order chi connectivity index (χ0) is 11.5.